The van der Waals surface area contributed by atoms with Crippen LogP contribution in [-0.4, -0.2) is 13.1 Å². The van der Waals surface area contributed by atoms with Crippen LogP contribution in [-0.2, 0) is 0 Å². The summed E-state index contributed by atoms with van der Waals surface area (Å²) in [6, 6.07) is 6.36. The van der Waals surface area contributed by atoms with Crippen molar-refractivity contribution in [2.75, 3.05) is 7.11 Å². The number of esters is 1. The number of hydrogen-bond donors (Lipinski definition) is 0. The first kappa shape index (κ1) is 24.4. The third kappa shape index (κ3) is 5.16. The number of hydrogen-bond acceptors (Lipinski definition) is 3. The Labute approximate surface area is 199 Å². The molecule has 0 aromatic heterocycles. The molecule has 2 aromatic carbocycles. The van der Waals surface area contributed by atoms with Gasteiger partial charge in [0, 0.05) is 6.07 Å². The van der Waals surface area contributed by atoms with Crippen LogP contribution < -0.4 is 9.47 Å². The zero-order valence-corrected chi connectivity index (χ0v) is 19.5. The summed E-state index contributed by atoms with van der Waals surface area (Å²) in [6.07, 6.45) is 10.5. The summed E-state index contributed by atoms with van der Waals surface area (Å²) in [5.41, 5.74) is -0.175. The SMILES string of the molecule is C=CCCC1CCC2CC(c3ccc(C(=O)Oc4ccc(OC)c(F)c4)c(F)c3F)CCC2C1. The first-order valence-electron chi connectivity index (χ1n) is 12.1. The molecule has 0 bridgehead atoms. The smallest absolute Gasteiger partial charge is 0.346 e. The Balaban J connectivity index is 1.43. The highest BCUT2D eigenvalue weighted by atomic mass is 19.2. The van der Waals surface area contributed by atoms with Gasteiger partial charge in [-0.3, -0.25) is 0 Å². The van der Waals surface area contributed by atoms with Gasteiger partial charge in [0.2, 0.25) is 0 Å². The molecule has 0 aliphatic heterocycles. The van der Waals surface area contributed by atoms with Crippen molar-refractivity contribution in [3.05, 3.63) is 71.6 Å². The monoisotopic (exact) mass is 472 g/mol. The molecule has 4 rings (SSSR count). The predicted molar refractivity (Wildman–Crippen MR) is 125 cm³/mol. The molecule has 4 unspecified atom stereocenters. The Morgan fingerprint density at radius 2 is 1.79 bits per heavy atom. The van der Waals surface area contributed by atoms with Crippen molar-refractivity contribution in [3.63, 3.8) is 0 Å². The first-order chi connectivity index (χ1) is 16.4. The van der Waals surface area contributed by atoms with Gasteiger partial charge in [-0.1, -0.05) is 18.6 Å². The second-order valence-corrected chi connectivity index (χ2v) is 9.59. The molecule has 0 spiro atoms. The van der Waals surface area contributed by atoms with E-state index in [2.05, 4.69) is 6.58 Å². The number of benzene rings is 2. The van der Waals surface area contributed by atoms with E-state index in [4.69, 9.17) is 9.47 Å². The summed E-state index contributed by atoms with van der Waals surface area (Å²) < 4.78 is 53.7. The van der Waals surface area contributed by atoms with E-state index in [0.717, 1.165) is 44.1 Å². The van der Waals surface area contributed by atoms with Crippen LogP contribution in [0.15, 0.2) is 43.0 Å². The van der Waals surface area contributed by atoms with E-state index in [9.17, 15) is 13.6 Å². The van der Waals surface area contributed by atoms with Crippen molar-refractivity contribution in [2.45, 2.75) is 57.3 Å². The maximum absolute atomic E-state index is 15.1. The minimum Gasteiger partial charge on any atom is -0.494 e. The number of carbonyl (C=O) groups is 1. The Kier molecular flexibility index (Phi) is 7.64. The summed E-state index contributed by atoms with van der Waals surface area (Å²) in [4.78, 5) is 12.4. The molecule has 0 radical (unpaired) electrons. The number of rotatable bonds is 7. The Bertz CT molecular complexity index is 1050. The third-order valence-corrected chi connectivity index (χ3v) is 7.61. The van der Waals surface area contributed by atoms with Crippen LogP contribution in [0.2, 0.25) is 0 Å². The number of methoxy groups -OCH3 is 1. The molecule has 0 heterocycles. The van der Waals surface area contributed by atoms with Gasteiger partial charge in [0.15, 0.2) is 23.2 Å². The molecular weight excluding hydrogens is 441 g/mol. The number of ether oxygens (including phenoxy) is 2. The highest BCUT2D eigenvalue weighted by Crippen LogP contribution is 2.49. The van der Waals surface area contributed by atoms with Gasteiger partial charge in [-0.15, -0.1) is 6.58 Å². The van der Waals surface area contributed by atoms with Crippen molar-refractivity contribution < 1.29 is 27.4 Å². The molecule has 2 fully saturated rings. The fourth-order valence-corrected chi connectivity index (χ4v) is 5.79. The topological polar surface area (TPSA) is 35.5 Å². The standard InChI is InChI=1S/C28H31F3O3/c1-3-4-5-17-6-7-19-15-20(9-8-18(19)14-17)22-11-12-23(27(31)26(22)30)28(32)34-21-10-13-25(33-2)24(29)16-21/h3,10-13,16-20H,1,4-9,14-15H2,2H3. The van der Waals surface area contributed by atoms with Crippen LogP contribution in [0.4, 0.5) is 13.2 Å². The lowest BCUT2D eigenvalue weighted by molar-refractivity contribution is 0.0727. The summed E-state index contributed by atoms with van der Waals surface area (Å²) >= 11 is 0. The molecule has 34 heavy (non-hydrogen) atoms. The highest BCUT2D eigenvalue weighted by Gasteiger charge is 2.37. The van der Waals surface area contributed by atoms with E-state index in [1.54, 1.807) is 0 Å². The lowest BCUT2D eigenvalue weighted by atomic mass is 9.63. The zero-order chi connectivity index (χ0) is 24.2. The van der Waals surface area contributed by atoms with E-state index < -0.39 is 29.0 Å². The predicted octanol–water partition coefficient (Wildman–Crippen LogP) is 7.60. The quantitative estimate of drug-likeness (QED) is 0.236. The van der Waals surface area contributed by atoms with Gasteiger partial charge in [0.1, 0.15) is 5.75 Å². The molecule has 2 aliphatic rings. The molecular formula is C28H31F3O3. The number of allylic oxidation sites excluding steroid dienone is 1. The maximum Gasteiger partial charge on any atom is 0.346 e. The molecule has 3 nitrogen and oxygen atoms in total. The van der Waals surface area contributed by atoms with E-state index in [0.29, 0.717) is 17.4 Å². The lowest BCUT2D eigenvalue weighted by Crippen LogP contribution is -2.30. The molecule has 2 aromatic rings. The van der Waals surface area contributed by atoms with E-state index in [-0.39, 0.29) is 17.4 Å². The fraction of sp³-hybridized carbons (Fsp3) is 0.464. The van der Waals surface area contributed by atoms with Gasteiger partial charge >= 0.3 is 5.97 Å². The summed E-state index contributed by atoms with van der Waals surface area (Å²) in [5, 5.41) is 0. The minimum atomic E-state index is -1.22. The van der Waals surface area contributed by atoms with E-state index >= 15 is 4.39 Å². The van der Waals surface area contributed by atoms with Crippen LogP contribution >= 0.6 is 0 Å². The van der Waals surface area contributed by atoms with Crippen molar-refractivity contribution in [1.29, 1.82) is 0 Å². The molecule has 2 saturated carbocycles. The van der Waals surface area contributed by atoms with Gasteiger partial charge in [-0.2, -0.15) is 0 Å². The van der Waals surface area contributed by atoms with Crippen LogP contribution in [0.25, 0.3) is 0 Å². The molecule has 0 saturated heterocycles. The van der Waals surface area contributed by atoms with E-state index in [1.807, 2.05) is 6.08 Å². The van der Waals surface area contributed by atoms with Crippen molar-refractivity contribution in [1.82, 2.24) is 0 Å². The first-order valence-corrected chi connectivity index (χ1v) is 12.1. The Morgan fingerprint density at radius 3 is 2.53 bits per heavy atom. The van der Waals surface area contributed by atoms with Crippen molar-refractivity contribution >= 4 is 5.97 Å². The molecule has 0 N–H and O–H groups in total. The Morgan fingerprint density at radius 1 is 1.03 bits per heavy atom. The van der Waals surface area contributed by atoms with Gasteiger partial charge < -0.3 is 9.47 Å². The summed E-state index contributed by atoms with van der Waals surface area (Å²) in [6.45, 7) is 3.82. The maximum atomic E-state index is 15.1. The molecule has 2 aliphatic carbocycles. The van der Waals surface area contributed by atoms with Gasteiger partial charge in [-0.05, 0) is 92.4 Å². The normalized spacial score (nSPS) is 24.2. The number of carbonyl (C=O) groups excluding carboxylic acids is 1. The number of halogens is 3. The van der Waals surface area contributed by atoms with E-state index in [1.165, 1.54) is 50.6 Å². The van der Waals surface area contributed by atoms with Gasteiger partial charge in [0.05, 0.1) is 12.7 Å². The average molecular weight is 473 g/mol. The Hall–Kier alpha value is -2.76. The van der Waals surface area contributed by atoms with Gasteiger partial charge in [-0.25, -0.2) is 18.0 Å². The second kappa shape index (κ2) is 10.7. The average Bonchev–Trinajstić information content (AvgIpc) is 2.84. The van der Waals surface area contributed by atoms with Crippen LogP contribution in [0.5, 0.6) is 11.5 Å². The largest absolute Gasteiger partial charge is 0.494 e. The summed E-state index contributed by atoms with van der Waals surface area (Å²) in [5.74, 6) is -2.24. The van der Waals surface area contributed by atoms with Crippen LogP contribution in [0.1, 0.15) is 73.2 Å². The molecule has 182 valence electrons. The second-order valence-electron chi connectivity index (χ2n) is 9.59. The highest BCUT2D eigenvalue weighted by molar-refractivity contribution is 5.91. The van der Waals surface area contributed by atoms with Crippen molar-refractivity contribution in [2.24, 2.45) is 17.8 Å². The lowest BCUT2D eigenvalue weighted by Gasteiger charge is -2.42. The third-order valence-electron chi connectivity index (χ3n) is 7.61. The molecule has 4 atom stereocenters. The zero-order valence-electron chi connectivity index (χ0n) is 19.5. The van der Waals surface area contributed by atoms with Crippen molar-refractivity contribution in [3.8, 4) is 11.5 Å². The van der Waals surface area contributed by atoms with Crippen LogP contribution in [0.3, 0.4) is 0 Å². The van der Waals surface area contributed by atoms with Crippen LogP contribution in [0, 0.1) is 35.2 Å². The molecule has 0 amide bonds. The summed E-state index contributed by atoms with van der Waals surface area (Å²) in [7, 11) is 1.31. The number of fused-ring (bicyclic) bond motifs is 1. The fourth-order valence-electron chi connectivity index (χ4n) is 5.79. The van der Waals surface area contributed by atoms with Gasteiger partial charge in [0.25, 0.3) is 0 Å². The molecule has 6 heteroatoms. The minimum absolute atomic E-state index is 0.0126.